The Labute approximate surface area is 82.3 Å². The van der Waals surface area contributed by atoms with Crippen molar-refractivity contribution in [2.45, 2.75) is 6.54 Å². The van der Waals surface area contributed by atoms with Crippen LogP contribution in [0.15, 0.2) is 24.3 Å². The van der Waals surface area contributed by atoms with Gasteiger partial charge in [0.05, 0.1) is 5.30 Å². The third-order valence-electron chi connectivity index (χ3n) is 1.51. The molecule has 0 aliphatic heterocycles. The lowest BCUT2D eigenvalue weighted by Gasteiger charge is -2.03. The fraction of sp³-hybridized carbons (Fsp3) is 0.143. The Hall–Kier alpha value is -0.380. The fourth-order valence-electron chi connectivity index (χ4n) is 0.826. The molecular weight excluding hydrogens is 213 g/mol. The normalized spacial score (nSPS) is 10.7. The molecule has 0 amide bonds. The first kappa shape index (κ1) is 12.6. The van der Waals surface area contributed by atoms with Crippen LogP contribution in [0.4, 0.5) is 0 Å². The standard InChI is InChI=1S/C7H10NO3P.ClH/c8-5-6-1-3-7(4-2-6)12(9,10)11;/h1-4H,5,8H2,(H2,9,10,11);1H. The van der Waals surface area contributed by atoms with Crippen molar-refractivity contribution < 1.29 is 14.4 Å². The Morgan fingerprint density at radius 2 is 1.69 bits per heavy atom. The maximum atomic E-state index is 10.7. The molecule has 1 aromatic carbocycles. The molecule has 74 valence electrons. The molecule has 0 spiro atoms. The largest absolute Gasteiger partial charge is 0.356 e. The first-order chi connectivity index (χ1) is 5.54. The van der Waals surface area contributed by atoms with E-state index in [0.29, 0.717) is 6.54 Å². The molecule has 1 aromatic rings. The molecule has 0 radical (unpaired) electrons. The molecule has 13 heavy (non-hydrogen) atoms. The summed E-state index contributed by atoms with van der Waals surface area (Å²) in [6.07, 6.45) is 0. The van der Waals surface area contributed by atoms with Crippen LogP contribution in [0, 0.1) is 0 Å². The average Bonchev–Trinajstić information content (AvgIpc) is 2.03. The lowest BCUT2D eigenvalue weighted by Crippen LogP contribution is -2.04. The van der Waals surface area contributed by atoms with Crippen LogP contribution in [0.2, 0.25) is 0 Å². The summed E-state index contributed by atoms with van der Waals surface area (Å²) in [4.78, 5) is 17.5. The van der Waals surface area contributed by atoms with Crippen molar-refractivity contribution in [1.29, 1.82) is 0 Å². The number of hydrogen-bond donors (Lipinski definition) is 3. The van der Waals surface area contributed by atoms with E-state index < -0.39 is 7.60 Å². The maximum Gasteiger partial charge on any atom is 0.356 e. The molecular formula is C7H11ClNO3P. The van der Waals surface area contributed by atoms with Gasteiger partial charge in [-0.05, 0) is 17.7 Å². The van der Waals surface area contributed by atoms with Gasteiger partial charge in [0.2, 0.25) is 0 Å². The predicted octanol–water partition coefficient (Wildman–Crippen LogP) is 0.370. The first-order valence-corrected chi connectivity index (χ1v) is 5.00. The van der Waals surface area contributed by atoms with Crippen molar-refractivity contribution in [1.82, 2.24) is 0 Å². The molecule has 0 fully saturated rings. The highest BCUT2D eigenvalue weighted by molar-refractivity contribution is 7.60. The van der Waals surface area contributed by atoms with E-state index in [9.17, 15) is 4.57 Å². The quantitative estimate of drug-likeness (QED) is 0.633. The van der Waals surface area contributed by atoms with Crippen LogP contribution in [0.25, 0.3) is 0 Å². The van der Waals surface area contributed by atoms with Gasteiger partial charge in [-0.25, -0.2) is 0 Å². The van der Waals surface area contributed by atoms with Crippen LogP contribution < -0.4 is 11.0 Å². The Bertz CT molecular complexity index is 308. The van der Waals surface area contributed by atoms with Gasteiger partial charge in [-0.2, -0.15) is 0 Å². The van der Waals surface area contributed by atoms with E-state index in [-0.39, 0.29) is 17.7 Å². The SMILES string of the molecule is Cl.NCc1ccc(P(=O)(O)O)cc1. The number of nitrogens with two attached hydrogens (primary N) is 1. The number of halogens is 1. The Morgan fingerprint density at radius 3 is 2.00 bits per heavy atom. The summed E-state index contributed by atoms with van der Waals surface area (Å²) in [6.45, 7) is 0.376. The van der Waals surface area contributed by atoms with Gasteiger partial charge in [-0.15, -0.1) is 12.4 Å². The maximum absolute atomic E-state index is 10.7. The van der Waals surface area contributed by atoms with Gasteiger partial charge in [-0.3, -0.25) is 4.57 Å². The van der Waals surface area contributed by atoms with Crippen LogP contribution in [0.5, 0.6) is 0 Å². The molecule has 4 nitrogen and oxygen atoms in total. The van der Waals surface area contributed by atoms with Gasteiger partial charge in [0.25, 0.3) is 0 Å². The molecule has 0 aliphatic carbocycles. The molecule has 0 aromatic heterocycles. The summed E-state index contributed by atoms with van der Waals surface area (Å²) < 4.78 is 10.7. The molecule has 0 bridgehead atoms. The third-order valence-corrected chi connectivity index (χ3v) is 2.48. The van der Waals surface area contributed by atoms with Gasteiger partial charge in [0.15, 0.2) is 0 Å². The summed E-state index contributed by atoms with van der Waals surface area (Å²) >= 11 is 0. The highest BCUT2D eigenvalue weighted by Crippen LogP contribution is 2.32. The zero-order chi connectivity index (χ0) is 9.19. The van der Waals surface area contributed by atoms with Crippen LogP contribution >= 0.6 is 20.0 Å². The molecule has 1 rings (SSSR count). The molecule has 4 N–H and O–H groups in total. The van der Waals surface area contributed by atoms with E-state index in [0.717, 1.165) is 5.56 Å². The highest BCUT2D eigenvalue weighted by Gasteiger charge is 2.15. The predicted molar refractivity (Wildman–Crippen MR) is 53.3 cm³/mol. The van der Waals surface area contributed by atoms with E-state index in [4.69, 9.17) is 15.5 Å². The molecule has 0 aliphatic rings. The van der Waals surface area contributed by atoms with Gasteiger partial charge in [0, 0.05) is 6.54 Å². The minimum Gasteiger partial charge on any atom is -0.326 e. The molecule has 0 saturated heterocycles. The van der Waals surface area contributed by atoms with E-state index in [1.165, 1.54) is 12.1 Å². The van der Waals surface area contributed by atoms with Crippen molar-refractivity contribution in [2.24, 2.45) is 5.73 Å². The van der Waals surface area contributed by atoms with Crippen molar-refractivity contribution in [3.05, 3.63) is 29.8 Å². The molecule has 0 heterocycles. The zero-order valence-electron chi connectivity index (χ0n) is 6.75. The van der Waals surface area contributed by atoms with Gasteiger partial charge in [0.1, 0.15) is 0 Å². The minimum absolute atomic E-state index is 0. The van der Waals surface area contributed by atoms with Gasteiger partial charge in [-0.1, -0.05) is 12.1 Å². The lowest BCUT2D eigenvalue weighted by molar-refractivity contribution is 0.387. The van der Waals surface area contributed by atoms with E-state index >= 15 is 0 Å². The number of hydrogen-bond acceptors (Lipinski definition) is 2. The second kappa shape index (κ2) is 4.74. The number of benzene rings is 1. The third kappa shape index (κ3) is 3.46. The van der Waals surface area contributed by atoms with Crippen molar-refractivity contribution in [3.63, 3.8) is 0 Å². The Balaban J connectivity index is 0.00000144. The summed E-state index contributed by atoms with van der Waals surface area (Å²) in [7, 11) is -4.09. The highest BCUT2D eigenvalue weighted by atomic mass is 35.5. The van der Waals surface area contributed by atoms with Crippen molar-refractivity contribution in [3.8, 4) is 0 Å². The lowest BCUT2D eigenvalue weighted by atomic mass is 10.2. The van der Waals surface area contributed by atoms with Crippen LogP contribution in [0.1, 0.15) is 5.56 Å². The average molecular weight is 224 g/mol. The Kier molecular flexibility index (Phi) is 4.61. The molecule has 0 unspecified atom stereocenters. The summed E-state index contributed by atoms with van der Waals surface area (Å²) in [6, 6.07) is 5.99. The van der Waals surface area contributed by atoms with Gasteiger partial charge < -0.3 is 15.5 Å². The van der Waals surface area contributed by atoms with Crippen molar-refractivity contribution in [2.75, 3.05) is 0 Å². The van der Waals surface area contributed by atoms with Crippen LogP contribution in [-0.4, -0.2) is 9.79 Å². The molecule has 0 atom stereocenters. The monoisotopic (exact) mass is 223 g/mol. The first-order valence-electron chi connectivity index (χ1n) is 3.39. The van der Waals surface area contributed by atoms with Gasteiger partial charge >= 0.3 is 7.60 Å². The topological polar surface area (TPSA) is 83.6 Å². The summed E-state index contributed by atoms with van der Waals surface area (Å²) in [5.41, 5.74) is 6.17. The smallest absolute Gasteiger partial charge is 0.326 e. The van der Waals surface area contributed by atoms with Crippen LogP contribution in [-0.2, 0) is 11.1 Å². The molecule has 6 heteroatoms. The zero-order valence-corrected chi connectivity index (χ0v) is 8.46. The van der Waals surface area contributed by atoms with Crippen molar-refractivity contribution >= 4 is 25.3 Å². The summed E-state index contributed by atoms with van der Waals surface area (Å²) in [5.74, 6) is 0. The second-order valence-corrected chi connectivity index (χ2v) is 4.02. The van der Waals surface area contributed by atoms with E-state index in [1.807, 2.05) is 0 Å². The van der Waals surface area contributed by atoms with E-state index in [2.05, 4.69) is 0 Å². The molecule has 0 saturated carbocycles. The van der Waals surface area contributed by atoms with E-state index in [1.54, 1.807) is 12.1 Å². The number of rotatable bonds is 2. The minimum atomic E-state index is -4.09. The van der Waals surface area contributed by atoms with Crippen LogP contribution in [0.3, 0.4) is 0 Å². The fourth-order valence-corrected chi connectivity index (χ4v) is 1.36. The summed E-state index contributed by atoms with van der Waals surface area (Å²) in [5, 5.41) is 0.0275. The second-order valence-electron chi connectivity index (χ2n) is 2.41. The Morgan fingerprint density at radius 1 is 1.23 bits per heavy atom.